The first-order valence-electron chi connectivity index (χ1n) is 7.36. The van der Waals surface area contributed by atoms with Crippen molar-refractivity contribution in [2.75, 3.05) is 5.32 Å². The lowest BCUT2D eigenvalue weighted by Gasteiger charge is -2.05. The minimum Gasteiger partial charge on any atom is -0.319 e. The summed E-state index contributed by atoms with van der Waals surface area (Å²) in [5, 5.41) is 7.86. The fourth-order valence-corrected chi connectivity index (χ4v) is 2.88. The van der Waals surface area contributed by atoms with Crippen molar-refractivity contribution in [3.63, 3.8) is 0 Å². The number of benzene rings is 2. The molecule has 0 unspecified atom stereocenters. The molecule has 0 aliphatic carbocycles. The fourth-order valence-electron chi connectivity index (χ4n) is 2.38. The second-order valence-corrected chi connectivity index (χ2v) is 6.34. The van der Waals surface area contributed by atoms with Crippen LogP contribution in [0.3, 0.4) is 0 Å². The molecule has 0 saturated heterocycles. The Hall–Kier alpha value is -2.30. The molecule has 0 bridgehead atoms. The van der Waals surface area contributed by atoms with Gasteiger partial charge in [0.2, 0.25) is 0 Å². The van der Waals surface area contributed by atoms with Gasteiger partial charge in [-0.1, -0.05) is 53.0 Å². The summed E-state index contributed by atoms with van der Waals surface area (Å²) < 4.78 is 1.77. The van der Waals surface area contributed by atoms with E-state index in [4.69, 9.17) is 23.2 Å². The molecule has 0 fully saturated rings. The van der Waals surface area contributed by atoms with E-state index in [9.17, 15) is 4.79 Å². The number of aromatic nitrogens is 2. The maximum absolute atomic E-state index is 12.3. The molecule has 122 valence electrons. The lowest BCUT2D eigenvalue weighted by Crippen LogP contribution is -2.12. The molecule has 0 aliphatic heterocycles. The van der Waals surface area contributed by atoms with E-state index in [0.29, 0.717) is 27.8 Å². The highest BCUT2D eigenvalue weighted by molar-refractivity contribution is 6.37. The molecule has 1 amide bonds. The van der Waals surface area contributed by atoms with Gasteiger partial charge in [0.05, 0.1) is 29.0 Å². The van der Waals surface area contributed by atoms with Gasteiger partial charge in [-0.3, -0.25) is 9.48 Å². The van der Waals surface area contributed by atoms with Crippen molar-refractivity contribution in [3.05, 3.63) is 81.6 Å². The number of nitrogens with zero attached hydrogens (tertiary/aromatic N) is 2. The van der Waals surface area contributed by atoms with E-state index in [0.717, 1.165) is 5.56 Å². The molecule has 0 atom stereocenters. The predicted octanol–water partition coefficient (Wildman–Crippen LogP) is 4.80. The molecular weight excluding hydrogens is 345 g/mol. The van der Waals surface area contributed by atoms with Crippen molar-refractivity contribution < 1.29 is 4.79 Å². The predicted molar refractivity (Wildman–Crippen MR) is 96.9 cm³/mol. The fraction of sp³-hybridized carbons (Fsp3) is 0.111. The largest absolute Gasteiger partial charge is 0.319 e. The molecule has 2 aromatic carbocycles. The highest BCUT2D eigenvalue weighted by Crippen LogP contribution is 2.22. The Bertz CT molecular complexity index is 889. The number of carbonyl (C=O) groups is 1. The minimum atomic E-state index is -0.299. The van der Waals surface area contributed by atoms with Crippen molar-refractivity contribution in [3.8, 4) is 0 Å². The first kappa shape index (κ1) is 16.6. The van der Waals surface area contributed by atoms with Crippen molar-refractivity contribution >= 4 is 34.8 Å². The lowest BCUT2D eigenvalue weighted by molar-refractivity contribution is 0.102. The SMILES string of the molecule is Cc1cccc(Cn2cc(NC(=O)c3ccc(Cl)cc3Cl)cn2)c1. The van der Waals surface area contributed by atoms with Gasteiger partial charge in [0, 0.05) is 11.2 Å². The molecule has 24 heavy (non-hydrogen) atoms. The highest BCUT2D eigenvalue weighted by atomic mass is 35.5. The number of rotatable bonds is 4. The average Bonchev–Trinajstić information content (AvgIpc) is 2.94. The number of aryl methyl sites for hydroxylation is 1. The number of halogens is 2. The zero-order chi connectivity index (χ0) is 17.1. The van der Waals surface area contributed by atoms with E-state index < -0.39 is 0 Å². The molecule has 3 rings (SSSR count). The zero-order valence-electron chi connectivity index (χ0n) is 13.0. The summed E-state index contributed by atoms with van der Waals surface area (Å²) >= 11 is 11.9. The van der Waals surface area contributed by atoms with Crippen molar-refractivity contribution in [1.82, 2.24) is 9.78 Å². The second kappa shape index (κ2) is 7.07. The normalized spacial score (nSPS) is 10.6. The van der Waals surface area contributed by atoms with E-state index in [1.165, 1.54) is 5.56 Å². The highest BCUT2D eigenvalue weighted by Gasteiger charge is 2.12. The second-order valence-electron chi connectivity index (χ2n) is 5.49. The van der Waals surface area contributed by atoms with Crippen LogP contribution in [0.15, 0.2) is 54.9 Å². The Labute approximate surface area is 150 Å². The van der Waals surface area contributed by atoms with Crippen LogP contribution in [0.25, 0.3) is 0 Å². The summed E-state index contributed by atoms with van der Waals surface area (Å²) in [6.07, 6.45) is 3.39. The van der Waals surface area contributed by atoms with Gasteiger partial charge in [0.15, 0.2) is 0 Å². The standard InChI is InChI=1S/C18H15Cl2N3O/c1-12-3-2-4-13(7-12)10-23-11-15(9-21-23)22-18(24)16-6-5-14(19)8-17(16)20/h2-9,11H,10H2,1H3,(H,22,24). The molecule has 6 heteroatoms. The Kier molecular flexibility index (Phi) is 4.88. The molecule has 1 aromatic heterocycles. The van der Waals surface area contributed by atoms with Gasteiger partial charge in [-0.2, -0.15) is 5.10 Å². The number of hydrogen-bond acceptors (Lipinski definition) is 2. The van der Waals surface area contributed by atoms with Crippen molar-refractivity contribution in [2.24, 2.45) is 0 Å². The number of anilines is 1. The van der Waals surface area contributed by atoms with E-state index in [-0.39, 0.29) is 5.91 Å². The van der Waals surface area contributed by atoms with Crippen LogP contribution in [0.1, 0.15) is 21.5 Å². The maximum atomic E-state index is 12.3. The third-order valence-corrected chi connectivity index (χ3v) is 4.04. The smallest absolute Gasteiger partial charge is 0.257 e. The summed E-state index contributed by atoms with van der Waals surface area (Å²) in [4.78, 5) is 12.3. The Morgan fingerprint density at radius 1 is 1.21 bits per heavy atom. The summed E-state index contributed by atoms with van der Waals surface area (Å²) in [7, 11) is 0. The summed E-state index contributed by atoms with van der Waals surface area (Å²) in [6.45, 7) is 2.69. The van der Waals surface area contributed by atoms with Gasteiger partial charge in [-0.05, 0) is 30.7 Å². The number of hydrogen-bond donors (Lipinski definition) is 1. The van der Waals surface area contributed by atoms with Crippen molar-refractivity contribution in [1.29, 1.82) is 0 Å². The minimum absolute atomic E-state index is 0.299. The Morgan fingerprint density at radius 3 is 2.79 bits per heavy atom. The summed E-state index contributed by atoms with van der Waals surface area (Å²) in [6, 6.07) is 13.0. The van der Waals surface area contributed by atoms with E-state index >= 15 is 0 Å². The monoisotopic (exact) mass is 359 g/mol. The first-order chi connectivity index (χ1) is 11.5. The average molecular weight is 360 g/mol. The molecule has 1 N–H and O–H groups in total. The Morgan fingerprint density at radius 2 is 2.04 bits per heavy atom. The molecule has 0 aliphatic rings. The summed E-state index contributed by atoms with van der Waals surface area (Å²) in [5.41, 5.74) is 3.33. The van der Waals surface area contributed by atoms with Gasteiger partial charge in [0.1, 0.15) is 0 Å². The number of carbonyl (C=O) groups excluding carboxylic acids is 1. The van der Waals surface area contributed by atoms with Crippen LogP contribution >= 0.6 is 23.2 Å². The van der Waals surface area contributed by atoms with Crippen LogP contribution in [0.2, 0.25) is 10.0 Å². The van der Waals surface area contributed by atoms with Crippen molar-refractivity contribution in [2.45, 2.75) is 13.5 Å². The molecular formula is C18H15Cl2N3O. The molecule has 0 spiro atoms. The molecule has 0 radical (unpaired) electrons. The van der Waals surface area contributed by atoms with Crippen LogP contribution in [0.4, 0.5) is 5.69 Å². The third kappa shape index (κ3) is 3.96. The topological polar surface area (TPSA) is 46.9 Å². The van der Waals surface area contributed by atoms with E-state index in [2.05, 4.69) is 16.5 Å². The van der Waals surface area contributed by atoms with Crippen LogP contribution in [0.5, 0.6) is 0 Å². The maximum Gasteiger partial charge on any atom is 0.257 e. The molecule has 4 nitrogen and oxygen atoms in total. The zero-order valence-corrected chi connectivity index (χ0v) is 14.5. The molecule has 0 saturated carbocycles. The van der Waals surface area contributed by atoms with Crippen LogP contribution < -0.4 is 5.32 Å². The van der Waals surface area contributed by atoms with E-state index in [1.54, 1.807) is 35.3 Å². The van der Waals surface area contributed by atoms with Gasteiger partial charge in [-0.15, -0.1) is 0 Å². The van der Waals surface area contributed by atoms with Gasteiger partial charge in [0.25, 0.3) is 5.91 Å². The van der Waals surface area contributed by atoms with Gasteiger partial charge < -0.3 is 5.32 Å². The third-order valence-electron chi connectivity index (χ3n) is 3.49. The van der Waals surface area contributed by atoms with Crippen LogP contribution in [-0.4, -0.2) is 15.7 Å². The quantitative estimate of drug-likeness (QED) is 0.727. The van der Waals surface area contributed by atoms with Gasteiger partial charge in [-0.25, -0.2) is 0 Å². The Balaban J connectivity index is 1.70. The number of amides is 1. The first-order valence-corrected chi connectivity index (χ1v) is 8.11. The molecule has 1 heterocycles. The van der Waals surface area contributed by atoms with Crippen LogP contribution in [-0.2, 0) is 6.54 Å². The summed E-state index contributed by atoms with van der Waals surface area (Å²) in [5.74, 6) is -0.299. The van der Waals surface area contributed by atoms with Crippen LogP contribution in [0, 0.1) is 6.92 Å². The molecule has 3 aromatic rings. The van der Waals surface area contributed by atoms with Gasteiger partial charge >= 0.3 is 0 Å². The van der Waals surface area contributed by atoms with E-state index in [1.807, 2.05) is 25.1 Å². The lowest BCUT2D eigenvalue weighted by atomic mass is 10.1. The number of nitrogens with one attached hydrogen (secondary N) is 1.